The number of nitrogens with zero attached hydrogens (tertiary/aromatic N) is 1. The summed E-state index contributed by atoms with van der Waals surface area (Å²) < 4.78 is 1.04. The Morgan fingerprint density at radius 2 is 2.28 bits per heavy atom. The standard InChI is InChI=1S/C13H16BrN3S/c1-18-6-2-5-16-13-10-7-9(14)3-4-12(10)17-8-11(13)15/h3-4,7-8H,2,5-6,15H2,1H3,(H,16,17). The van der Waals surface area contributed by atoms with Gasteiger partial charge in [0.15, 0.2) is 0 Å². The lowest BCUT2D eigenvalue weighted by molar-refractivity contribution is 0.995. The van der Waals surface area contributed by atoms with Gasteiger partial charge in [-0.3, -0.25) is 4.98 Å². The summed E-state index contributed by atoms with van der Waals surface area (Å²) in [5.41, 5.74) is 8.65. The highest BCUT2D eigenvalue weighted by atomic mass is 79.9. The fourth-order valence-corrected chi connectivity index (χ4v) is 2.60. The molecule has 2 aromatic rings. The number of hydrogen-bond acceptors (Lipinski definition) is 4. The monoisotopic (exact) mass is 325 g/mol. The van der Waals surface area contributed by atoms with E-state index in [1.54, 1.807) is 6.20 Å². The number of halogens is 1. The van der Waals surface area contributed by atoms with E-state index in [4.69, 9.17) is 5.73 Å². The van der Waals surface area contributed by atoms with E-state index in [0.717, 1.165) is 39.8 Å². The SMILES string of the molecule is CSCCCNc1c(N)cnc2ccc(Br)cc12. The molecule has 0 saturated carbocycles. The van der Waals surface area contributed by atoms with Crippen molar-refractivity contribution < 1.29 is 0 Å². The van der Waals surface area contributed by atoms with Gasteiger partial charge in [-0.25, -0.2) is 0 Å². The summed E-state index contributed by atoms with van der Waals surface area (Å²) in [4.78, 5) is 4.34. The molecule has 3 nitrogen and oxygen atoms in total. The van der Waals surface area contributed by atoms with Gasteiger partial charge >= 0.3 is 0 Å². The van der Waals surface area contributed by atoms with Crippen LogP contribution in [0.15, 0.2) is 28.9 Å². The van der Waals surface area contributed by atoms with Crippen molar-refractivity contribution in [3.05, 3.63) is 28.9 Å². The normalized spacial score (nSPS) is 10.8. The first-order valence-corrected chi connectivity index (χ1v) is 7.97. The first-order chi connectivity index (χ1) is 8.72. The highest BCUT2D eigenvalue weighted by molar-refractivity contribution is 9.10. The van der Waals surface area contributed by atoms with Crippen LogP contribution in [-0.2, 0) is 0 Å². The molecule has 3 N–H and O–H groups in total. The number of nitrogens with two attached hydrogens (primary N) is 1. The lowest BCUT2D eigenvalue weighted by atomic mass is 10.1. The number of pyridine rings is 1. The van der Waals surface area contributed by atoms with Gasteiger partial charge in [-0.2, -0.15) is 11.8 Å². The topological polar surface area (TPSA) is 50.9 Å². The number of anilines is 2. The van der Waals surface area contributed by atoms with Gasteiger partial charge in [0.25, 0.3) is 0 Å². The third kappa shape index (κ3) is 3.09. The van der Waals surface area contributed by atoms with Gasteiger partial charge < -0.3 is 11.1 Å². The number of aromatic nitrogens is 1. The number of fused-ring (bicyclic) bond motifs is 1. The highest BCUT2D eigenvalue weighted by Gasteiger charge is 2.06. The van der Waals surface area contributed by atoms with Gasteiger partial charge in [0.1, 0.15) is 0 Å². The van der Waals surface area contributed by atoms with Crippen molar-refractivity contribution in [2.24, 2.45) is 0 Å². The molecular weight excluding hydrogens is 310 g/mol. The summed E-state index contributed by atoms with van der Waals surface area (Å²) in [5, 5.41) is 4.48. The van der Waals surface area contributed by atoms with Crippen molar-refractivity contribution in [3.63, 3.8) is 0 Å². The van der Waals surface area contributed by atoms with E-state index in [-0.39, 0.29) is 0 Å². The van der Waals surface area contributed by atoms with E-state index in [1.165, 1.54) is 0 Å². The Morgan fingerprint density at radius 1 is 1.44 bits per heavy atom. The lowest BCUT2D eigenvalue weighted by Crippen LogP contribution is -2.06. The molecular formula is C13H16BrN3S. The van der Waals surface area contributed by atoms with E-state index in [1.807, 2.05) is 23.9 Å². The zero-order chi connectivity index (χ0) is 13.0. The summed E-state index contributed by atoms with van der Waals surface area (Å²) >= 11 is 5.34. The number of thioether (sulfide) groups is 1. The van der Waals surface area contributed by atoms with E-state index in [0.29, 0.717) is 5.69 Å². The Bertz CT molecular complexity index is 540. The van der Waals surface area contributed by atoms with Crippen LogP contribution in [0.1, 0.15) is 6.42 Å². The summed E-state index contributed by atoms with van der Waals surface area (Å²) in [6, 6.07) is 6.03. The molecule has 0 saturated heterocycles. The molecule has 18 heavy (non-hydrogen) atoms. The Morgan fingerprint density at radius 3 is 3.06 bits per heavy atom. The first-order valence-electron chi connectivity index (χ1n) is 5.79. The van der Waals surface area contributed by atoms with Gasteiger partial charge in [0.05, 0.1) is 23.1 Å². The van der Waals surface area contributed by atoms with Crippen molar-refractivity contribution in [2.45, 2.75) is 6.42 Å². The van der Waals surface area contributed by atoms with Crippen LogP contribution in [0, 0.1) is 0 Å². The summed E-state index contributed by atoms with van der Waals surface area (Å²) in [6.45, 7) is 0.927. The van der Waals surface area contributed by atoms with Crippen molar-refractivity contribution in [1.82, 2.24) is 4.98 Å². The molecule has 0 aliphatic rings. The molecule has 96 valence electrons. The molecule has 5 heteroatoms. The highest BCUT2D eigenvalue weighted by Crippen LogP contribution is 2.29. The summed E-state index contributed by atoms with van der Waals surface area (Å²) in [6.07, 6.45) is 4.96. The molecule has 0 radical (unpaired) electrons. The van der Waals surface area contributed by atoms with Gasteiger partial charge in [0.2, 0.25) is 0 Å². The zero-order valence-electron chi connectivity index (χ0n) is 10.2. The Hall–Kier alpha value is -0.940. The Kier molecular flexibility index (Phi) is 4.72. The van der Waals surface area contributed by atoms with Crippen molar-refractivity contribution in [1.29, 1.82) is 0 Å². The molecule has 0 aliphatic carbocycles. The minimum absolute atomic E-state index is 0.699. The largest absolute Gasteiger partial charge is 0.396 e. The third-order valence-corrected chi connectivity index (χ3v) is 3.88. The molecule has 1 aromatic carbocycles. The molecule has 0 atom stereocenters. The fraction of sp³-hybridized carbons (Fsp3) is 0.308. The second-order valence-electron chi connectivity index (χ2n) is 4.02. The van der Waals surface area contributed by atoms with Crippen LogP contribution in [0.3, 0.4) is 0 Å². The van der Waals surface area contributed by atoms with Gasteiger partial charge in [-0.15, -0.1) is 0 Å². The molecule has 1 aromatic heterocycles. The van der Waals surface area contributed by atoms with Crippen molar-refractivity contribution >= 4 is 50.0 Å². The number of nitrogen functional groups attached to an aromatic ring is 1. The lowest BCUT2D eigenvalue weighted by Gasteiger charge is -2.12. The van der Waals surface area contributed by atoms with Crippen LogP contribution in [0.5, 0.6) is 0 Å². The molecule has 0 aliphatic heterocycles. The molecule has 0 unspecified atom stereocenters. The number of nitrogens with one attached hydrogen (secondary N) is 1. The minimum atomic E-state index is 0.699. The van der Waals surface area contributed by atoms with Crippen LogP contribution in [0.2, 0.25) is 0 Å². The third-order valence-electron chi connectivity index (χ3n) is 2.69. The maximum Gasteiger partial charge on any atom is 0.0743 e. The fourth-order valence-electron chi connectivity index (χ4n) is 1.81. The van der Waals surface area contributed by atoms with E-state index >= 15 is 0 Å². The van der Waals surface area contributed by atoms with Crippen molar-refractivity contribution in [3.8, 4) is 0 Å². The first kappa shape index (κ1) is 13.5. The summed E-state index contributed by atoms with van der Waals surface area (Å²) in [5.74, 6) is 1.15. The van der Waals surface area contributed by atoms with Crippen molar-refractivity contribution in [2.75, 3.05) is 29.6 Å². The Labute approximate surface area is 120 Å². The predicted molar refractivity (Wildman–Crippen MR) is 85.3 cm³/mol. The Balaban J connectivity index is 2.29. The van der Waals surface area contributed by atoms with Gasteiger partial charge in [0, 0.05) is 16.4 Å². The number of benzene rings is 1. The van der Waals surface area contributed by atoms with Crippen LogP contribution < -0.4 is 11.1 Å². The molecule has 0 spiro atoms. The van der Waals surface area contributed by atoms with Crippen LogP contribution in [-0.4, -0.2) is 23.5 Å². The number of rotatable bonds is 5. The van der Waals surface area contributed by atoms with Crippen LogP contribution in [0.25, 0.3) is 10.9 Å². The predicted octanol–water partition coefficient (Wildman–Crippen LogP) is 3.74. The maximum atomic E-state index is 6.01. The second-order valence-corrected chi connectivity index (χ2v) is 5.92. The smallest absolute Gasteiger partial charge is 0.0743 e. The average Bonchev–Trinajstić information content (AvgIpc) is 2.36. The van der Waals surface area contributed by atoms with Gasteiger partial charge in [-0.05, 0) is 36.6 Å². The quantitative estimate of drug-likeness (QED) is 0.822. The second kappa shape index (κ2) is 6.29. The minimum Gasteiger partial charge on any atom is -0.396 e. The maximum absolute atomic E-state index is 6.01. The molecule has 2 rings (SSSR count). The van der Waals surface area contributed by atoms with Crippen LogP contribution in [0.4, 0.5) is 11.4 Å². The molecule has 0 fully saturated rings. The van der Waals surface area contributed by atoms with E-state index in [2.05, 4.69) is 38.6 Å². The number of hydrogen-bond donors (Lipinski definition) is 2. The summed E-state index contributed by atoms with van der Waals surface area (Å²) in [7, 11) is 0. The zero-order valence-corrected chi connectivity index (χ0v) is 12.6. The van der Waals surface area contributed by atoms with E-state index < -0.39 is 0 Å². The average molecular weight is 326 g/mol. The van der Waals surface area contributed by atoms with Gasteiger partial charge in [-0.1, -0.05) is 15.9 Å². The molecule has 0 bridgehead atoms. The van der Waals surface area contributed by atoms with E-state index in [9.17, 15) is 0 Å². The molecule has 1 heterocycles. The van der Waals surface area contributed by atoms with Crippen LogP contribution >= 0.6 is 27.7 Å². The molecule has 0 amide bonds.